The Hall–Kier alpha value is -0.140. The maximum atomic E-state index is 6.13. The number of allylic oxidation sites excluding steroid dienone is 5. The maximum Gasteiger partial charge on any atom is 0.0483 e. The Bertz CT molecular complexity index is 454. The van der Waals surface area contributed by atoms with Crippen molar-refractivity contribution in [1.82, 2.24) is 0 Å². The minimum Gasteiger partial charge on any atom is -0.0654 e. The summed E-state index contributed by atoms with van der Waals surface area (Å²) in [7, 11) is 7.63. The molecule has 2 rings (SSSR count). The van der Waals surface area contributed by atoms with Gasteiger partial charge in [-0.05, 0) is 74.3 Å². The zero-order valence-electron chi connectivity index (χ0n) is 11.5. The molecule has 2 aliphatic carbocycles. The van der Waals surface area contributed by atoms with E-state index in [0.29, 0.717) is 17.1 Å². The lowest BCUT2D eigenvalue weighted by molar-refractivity contribution is 0.515. The smallest absolute Gasteiger partial charge is 0.0483 e. The molecule has 17 heavy (non-hydrogen) atoms. The molecule has 3 atom stereocenters. The van der Waals surface area contributed by atoms with Crippen molar-refractivity contribution in [2.75, 3.05) is 0 Å². The van der Waals surface area contributed by atoms with Gasteiger partial charge in [0.2, 0.25) is 0 Å². The Morgan fingerprint density at radius 3 is 1.82 bits per heavy atom. The summed E-state index contributed by atoms with van der Waals surface area (Å²) in [5.74, 6) is 1.18. The van der Waals surface area contributed by atoms with Gasteiger partial charge in [0.1, 0.15) is 0 Å². The molecule has 0 aromatic rings. The first kappa shape index (κ1) is 13.3. The van der Waals surface area contributed by atoms with Crippen molar-refractivity contribution >= 4 is 21.7 Å². The Kier molecular flexibility index (Phi) is 3.53. The van der Waals surface area contributed by atoms with Gasteiger partial charge in [-0.15, -0.1) is 0 Å². The van der Waals surface area contributed by atoms with Gasteiger partial charge in [-0.25, -0.2) is 0 Å². The molecule has 0 spiro atoms. The van der Waals surface area contributed by atoms with Crippen molar-refractivity contribution in [2.45, 2.75) is 46.8 Å². The first-order valence-electron chi connectivity index (χ1n) is 6.21. The highest BCUT2D eigenvalue weighted by atomic mass is 35.7. The molecule has 2 heteroatoms. The van der Waals surface area contributed by atoms with Gasteiger partial charge in [-0.3, -0.25) is 0 Å². The van der Waals surface area contributed by atoms with E-state index < -0.39 is 0 Å². The number of fused-ring (bicyclic) bond motifs is 1. The Morgan fingerprint density at radius 2 is 1.29 bits per heavy atom. The van der Waals surface area contributed by atoms with Crippen LogP contribution in [0.2, 0.25) is 0 Å². The van der Waals surface area contributed by atoms with Gasteiger partial charge in [0, 0.05) is 17.1 Å². The molecule has 0 heterocycles. The molecule has 0 amide bonds. The third-order valence-electron chi connectivity index (χ3n) is 5.01. The summed E-state index contributed by atoms with van der Waals surface area (Å²) in [4.78, 5) is 0. The number of hydrogen-bond acceptors (Lipinski definition) is 1. The second-order valence-electron chi connectivity index (χ2n) is 5.50. The molecule has 94 valence electrons. The molecular formula is C15H21ClS. The van der Waals surface area contributed by atoms with Gasteiger partial charge in [0.05, 0.1) is 0 Å². The fraction of sp³-hybridized carbons (Fsp3) is 0.600. The van der Waals surface area contributed by atoms with Gasteiger partial charge in [-0.2, -0.15) is 0 Å². The van der Waals surface area contributed by atoms with Crippen molar-refractivity contribution < 1.29 is 0 Å². The summed E-state index contributed by atoms with van der Waals surface area (Å²) >= 11 is 0. The van der Waals surface area contributed by atoms with Crippen LogP contribution < -0.4 is 0 Å². The highest BCUT2D eigenvalue weighted by Crippen LogP contribution is 2.54. The zero-order chi connectivity index (χ0) is 12.9. The van der Waals surface area contributed by atoms with E-state index in [1.165, 1.54) is 38.8 Å². The third-order valence-corrected chi connectivity index (χ3v) is 6.42. The molecule has 0 bridgehead atoms. The average molecular weight is 269 g/mol. The second kappa shape index (κ2) is 4.51. The van der Waals surface area contributed by atoms with Crippen LogP contribution in [0.15, 0.2) is 33.4 Å². The highest BCUT2D eigenvalue weighted by molar-refractivity contribution is 8.21. The number of hydrogen-bond donors (Lipinski definition) is 0. The predicted molar refractivity (Wildman–Crippen MR) is 79.3 cm³/mol. The first-order chi connectivity index (χ1) is 7.91. The Balaban J connectivity index is 2.59. The van der Waals surface area contributed by atoms with Crippen LogP contribution >= 0.6 is 21.7 Å². The summed E-state index contributed by atoms with van der Waals surface area (Å²) < 4.78 is 0. The molecule has 2 aliphatic rings. The molecule has 0 nitrogen and oxygen atoms in total. The Morgan fingerprint density at radius 1 is 0.765 bits per heavy atom. The Labute approximate surface area is 114 Å². The van der Waals surface area contributed by atoms with Gasteiger partial charge in [-0.1, -0.05) is 22.3 Å². The fourth-order valence-electron chi connectivity index (χ4n) is 3.45. The lowest BCUT2D eigenvalue weighted by atomic mass is 9.72. The van der Waals surface area contributed by atoms with Crippen LogP contribution in [-0.4, -0.2) is 5.25 Å². The summed E-state index contributed by atoms with van der Waals surface area (Å²) in [5.41, 5.74) is 9.06. The van der Waals surface area contributed by atoms with Crippen LogP contribution in [0.5, 0.6) is 0 Å². The molecule has 0 fully saturated rings. The van der Waals surface area contributed by atoms with E-state index in [2.05, 4.69) is 41.5 Å². The molecule has 0 radical (unpaired) electrons. The van der Waals surface area contributed by atoms with Crippen LogP contribution in [0.1, 0.15) is 41.5 Å². The van der Waals surface area contributed by atoms with Gasteiger partial charge < -0.3 is 0 Å². The van der Waals surface area contributed by atoms with Crippen molar-refractivity contribution in [2.24, 2.45) is 11.8 Å². The van der Waals surface area contributed by atoms with Crippen molar-refractivity contribution in [3.8, 4) is 0 Å². The minimum absolute atomic E-state index is 0.458. The number of halogens is 1. The van der Waals surface area contributed by atoms with E-state index in [-0.39, 0.29) is 0 Å². The molecule has 0 saturated carbocycles. The number of rotatable bonds is 1. The standard InChI is InChI=1S/C15H21ClS/c1-7-8(2)10(4)14-13(9(7)3)11(5)12(6)15(14)17-16/h13-15H,1-6H3. The van der Waals surface area contributed by atoms with Crippen molar-refractivity contribution in [1.29, 1.82) is 0 Å². The fourth-order valence-corrected chi connectivity index (χ4v) is 4.98. The van der Waals surface area contributed by atoms with Crippen LogP contribution in [-0.2, 0) is 0 Å². The summed E-state index contributed by atoms with van der Waals surface area (Å²) in [5, 5.41) is 0.458. The van der Waals surface area contributed by atoms with Crippen LogP contribution in [0.3, 0.4) is 0 Å². The normalized spacial score (nSPS) is 33.7. The van der Waals surface area contributed by atoms with Crippen LogP contribution in [0.4, 0.5) is 0 Å². The minimum atomic E-state index is 0.458. The van der Waals surface area contributed by atoms with Gasteiger partial charge >= 0.3 is 0 Å². The molecule has 0 aromatic carbocycles. The maximum absolute atomic E-state index is 6.13. The zero-order valence-corrected chi connectivity index (χ0v) is 13.1. The van der Waals surface area contributed by atoms with E-state index in [1.807, 2.05) is 0 Å². The van der Waals surface area contributed by atoms with Crippen molar-refractivity contribution in [3.63, 3.8) is 0 Å². The predicted octanol–water partition coefficient (Wildman–Crippen LogP) is 5.51. The van der Waals surface area contributed by atoms with Crippen LogP contribution in [0.25, 0.3) is 0 Å². The monoisotopic (exact) mass is 268 g/mol. The third kappa shape index (κ3) is 1.74. The first-order valence-corrected chi connectivity index (χ1v) is 7.92. The topological polar surface area (TPSA) is 0 Å². The molecule has 0 N–H and O–H groups in total. The molecule has 3 unspecified atom stereocenters. The lowest BCUT2D eigenvalue weighted by Crippen LogP contribution is -2.26. The van der Waals surface area contributed by atoms with E-state index >= 15 is 0 Å². The van der Waals surface area contributed by atoms with E-state index in [1.54, 1.807) is 5.57 Å². The summed E-state index contributed by atoms with van der Waals surface area (Å²) in [6, 6.07) is 0. The summed E-state index contributed by atoms with van der Waals surface area (Å²) in [6.45, 7) is 13.6. The molecular weight excluding hydrogens is 248 g/mol. The lowest BCUT2D eigenvalue weighted by Gasteiger charge is -2.34. The molecule has 0 aromatic heterocycles. The largest absolute Gasteiger partial charge is 0.0654 e. The highest BCUT2D eigenvalue weighted by Gasteiger charge is 2.43. The summed E-state index contributed by atoms with van der Waals surface area (Å²) in [6.07, 6.45) is 0. The van der Waals surface area contributed by atoms with Crippen molar-refractivity contribution in [3.05, 3.63) is 33.4 Å². The van der Waals surface area contributed by atoms with Crippen LogP contribution in [0, 0.1) is 11.8 Å². The average Bonchev–Trinajstić information content (AvgIpc) is 2.57. The quantitative estimate of drug-likeness (QED) is 0.565. The van der Waals surface area contributed by atoms with Gasteiger partial charge in [0.15, 0.2) is 0 Å². The van der Waals surface area contributed by atoms with E-state index in [0.717, 1.165) is 0 Å². The molecule has 0 aliphatic heterocycles. The second-order valence-corrected chi connectivity index (χ2v) is 6.72. The van der Waals surface area contributed by atoms with E-state index in [4.69, 9.17) is 10.7 Å². The van der Waals surface area contributed by atoms with E-state index in [9.17, 15) is 0 Å². The molecule has 0 saturated heterocycles. The SMILES string of the molecule is CC1=C(C)C2C(C)=C(C)C(SCl)C2C(C)=C1C. The van der Waals surface area contributed by atoms with Gasteiger partial charge in [0.25, 0.3) is 0 Å².